The minimum Gasteiger partial charge on any atom is -0.470 e. The summed E-state index contributed by atoms with van der Waals surface area (Å²) in [6.07, 6.45) is 45.7. The van der Waals surface area contributed by atoms with E-state index in [2.05, 4.69) is 109 Å². The number of fused-ring (bicyclic) bond motifs is 24. The number of aliphatic hydroxyl groups is 2. The molecule has 21 rings (SSSR count). The van der Waals surface area contributed by atoms with Crippen LogP contribution in [0.3, 0.4) is 0 Å². The van der Waals surface area contributed by atoms with Gasteiger partial charge in [0, 0.05) is 59.7 Å². The summed E-state index contributed by atoms with van der Waals surface area (Å²) in [6, 6.07) is 0. The lowest BCUT2D eigenvalue weighted by atomic mass is 9.42. The number of nitrogens with zero attached hydrogens (tertiary/aromatic N) is 2. The van der Waals surface area contributed by atoms with Crippen molar-refractivity contribution in [2.24, 2.45) is 174 Å². The molecular formula is C96H154N2O11S. The third-order valence-electron chi connectivity index (χ3n) is 41.4. The van der Waals surface area contributed by atoms with Crippen molar-refractivity contribution in [3.05, 3.63) is 18.7 Å². The summed E-state index contributed by atoms with van der Waals surface area (Å²) in [7, 11) is 0. The van der Waals surface area contributed by atoms with E-state index in [1.165, 1.54) is 154 Å². The highest BCUT2D eigenvalue weighted by Gasteiger charge is 2.74. The monoisotopic (exact) mass is 1540 g/mol. The van der Waals surface area contributed by atoms with E-state index in [0.717, 1.165) is 217 Å². The van der Waals surface area contributed by atoms with Gasteiger partial charge in [-0.15, -0.1) is 0 Å². The molecule has 1 aromatic rings. The van der Waals surface area contributed by atoms with Crippen LogP contribution in [0.2, 0.25) is 0 Å². The van der Waals surface area contributed by atoms with Gasteiger partial charge in [0.2, 0.25) is 0 Å². The maximum atomic E-state index is 10.7. The van der Waals surface area contributed by atoms with E-state index in [4.69, 9.17) is 54.8 Å². The van der Waals surface area contributed by atoms with E-state index in [0.29, 0.717) is 50.5 Å². The fourth-order valence-electron chi connectivity index (χ4n) is 35.7. The maximum Gasteiger partial charge on any atom is 0.268 e. The second-order valence-corrected chi connectivity index (χ2v) is 46.4. The van der Waals surface area contributed by atoms with Crippen LogP contribution in [-0.2, 0) is 42.6 Å². The number of thiocarbonyl (C=S) groups is 1. The molecule has 1 aromatic heterocycles. The zero-order valence-electron chi connectivity index (χ0n) is 71.8. The van der Waals surface area contributed by atoms with Crippen molar-refractivity contribution in [3.8, 4) is 0 Å². The zero-order chi connectivity index (χ0) is 77.0. The largest absolute Gasteiger partial charge is 0.470 e. The lowest BCUT2D eigenvalue weighted by molar-refractivity contribution is -0.251. The molecule has 0 amide bonds. The first-order valence-corrected chi connectivity index (χ1v) is 47.3. The molecule has 4 spiro atoms. The maximum absolute atomic E-state index is 10.7. The smallest absolute Gasteiger partial charge is 0.268 e. The molecule has 5 heterocycles. The van der Waals surface area contributed by atoms with Gasteiger partial charge in [-0.3, -0.25) is 4.57 Å². The van der Waals surface area contributed by atoms with Crippen LogP contribution in [0, 0.1) is 174 Å². The van der Waals surface area contributed by atoms with Crippen LogP contribution < -0.4 is 0 Å². The first-order chi connectivity index (χ1) is 52.2. The van der Waals surface area contributed by atoms with Crippen molar-refractivity contribution in [1.82, 2.24) is 9.55 Å². The molecule has 16 aliphatic carbocycles. The van der Waals surface area contributed by atoms with Crippen LogP contribution in [-0.4, -0.2) is 119 Å². The Bertz CT molecular complexity index is 3370. The molecule has 32 atom stereocenters. The van der Waals surface area contributed by atoms with Crippen LogP contribution >= 0.6 is 12.2 Å². The Kier molecular flexibility index (Phi) is 20.4. The summed E-state index contributed by atoms with van der Waals surface area (Å²) in [6.45, 7) is 44.1. The molecule has 2 unspecified atom stereocenters. The highest BCUT2D eigenvalue weighted by Crippen LogP contribution is 2.76. The van der Waals surface area contributed by atoms with E-state index in [1.54, 1.807) is 12.5 Å². The first kappa shape index (κ1) is 79.8. The van der Waals surface area contributed by atoms with Crippen LogP contribution in [0.25, 0.3) is 0 Å². The molecule has 20 fully saturated rings. The van der Waals surface area contributed by atoms with Crippen molar-refractivity contribution < 1.29 is 52.8 Å². The van der Waals surface area contributed by atoms with Crippen molar-refractivity contribution >= 4 is 17.4 Å². The molecular weight excluding hydrogens is 1390 g/mol. The SMILES string of the molecule is C[C@@H]1C[C@@H]2[C@H](CC[C@@]3(C)[C@H]2CCC32OCCO2)[C@@]2(C)CCC(C)(O)C[C@H]12.C[C@@H]1C[C@@H]2[C@H](CC[C@@]3(C)[C@H]2CCC32OCCO2)[C@@]2(C)CCC(C)(O)C[C@H]12.C[C@H]1CC[C@@]2(C)[C@H](C1)[C@H](C)C[C@@H]1[C@@H]2CC[C@@]2(C)[C@H]1CCC21OCCO1.C[C@H]1CC[C@@]2(C)[C@H](C1)[C@H](COC(=S)n1ccnc1)C[C@@H]1[C@@H]2CC[C@@]2(C)[C@H]1CCC21OCCO1. The average molecular weight is 1540 g/mol. The predicted molar refractivity (Wildman–Crippen MR) is 434 cm³/mol. The van der Waals surface area contributed by atoms with Gasteiger partial charge in [0.25, 0.3) is 5.17 Å². The summed E-state index contributed by atoms with van der Waals surface area (Å²) >= 11 is 5.58. The Balaban J connectivity index is 0.000000104. The van der Waals surface area contributed by atoms with Gasteiger partial charge in [-0.1, -0.05) is 103 Å². The molecule has 4 saturated heterocycles. The quantitative estimate of drug-likeness (QED) is 0.272. The Labute approximate surface area is 671 Å². The highest BCUT2D eigenvalue weighted by molar-refractivity contribution is 7.80. The van der Waals surface area contributed by atoms with E-state index in [-0.39, 0.29) is 44.8 Å². The Hall–Kier alpha value is -1.30. The molecule has 620 valence electrons. The summed E-state index contributed by atoms with van der Waals surface area (Å²) in [5.41, 5.74) is 1.76. The second-order valence-electron chi connectivity index (χ2n) is 46.1. The fourth-order valence-corrected chi connectivity index (χ4v) is 35.9. The average Bonchev–Trinajstić information content (AvgIpc) is 1.46. The predicted octanol–water partition coefficient (Wildman–Crippen LogP) is 20.9. The Morgan fingerprint density at radius 2 is 0.673 bits per heavy atom. The number of ether oxygens (including phenoxy) is 9. The van der Waals surface area contributed by atoms with Gasteiger partial charge in [-0.2, -0.15) is 0 Å². The molecule has 4 aliphatic heterocycles. The number of hydrogen-bond acceptors (Lipinski definition) is 13. The van der Waals surface area contributed by atoms with Crippen LogP contribution in [0.4, 0.5) is 0 Å². The van der Waals surface area contributed by atoms with Gasteiger partial charge in [0.05, 0.1) is 70.7 Å². The van der Waals surface area contributed by atoms with Gasteiger partial charge in [-0.25, -0.2) is 4.98 Å². The minimum absolute atomic E-state index is 0.146. The molecule has 0 bridgehead atoms. The van der Waals surface area contributed by atoms with Crippen LogP contribution in [0.1, 0.15) is 309 Å². The molecule has 0 radical (unpaired) electrons. The van der Waals surface area contributed by atoms with Crippen LogP contribution in [0.15, 0.2) is 18.7 Å². The minimum atomic E-state index is -0.447. The van der Waals surface area contributed by atoms with Crippen molar-refractivity contribution in [3.63, 3.8) is 0 Å². The molecule has 2 N–H and O–H groups in total. The standard InChI is InChI=1S/C27H40N2O3S.2C23H38O3.C23H38O2/c1-18-4-7-25(2)21-5-8-26(3)22(6-9-27(26)31-12-13-32-27)20(21)15-19(23(25)14-18)16-30-24(33)29-11-10-28-17-29;2*1-15-13-16-17(21(3)10-9-20(2,24)14-19(15)21)5-7-22(4)18(16)6-8-23(22)25-11-12-26-23;1-15-5-8-21(3)18-6-9-22(4)19(7-10-23(22)24-11-12-25-23)17(18)14-16(2)20(21)13-15/h10-11,17-23H,4-9,12-16H2,1-3H3;2*15-19,24H,5-14H2,1-4H3;15-20H,5-14H2,1-4H3/t18-,19-,20+,21-,22-,23+,25+,26-;2*15-,16-,17+,18+,19-,20?,21-,22+;15-,16+,17+,18-,19-,20+,21+,22-/m0110/s1. The summed E-state index contributed by atoms with van der Waals surface area (Å²) in [4.78, 5) is 4.13. The topological polar surface area (TPSA) is 141 Å². The second kappa shape index (κ2) is 28.2. The number of imidazole rings is 1. The fraction of sp³-hybridized carbons (Fsp3) is 0.958. The summed E-state index contributed by atoms with van der Waals surface area (Å²) < 4.78 is 58.6. The normalized spacial score (nSPS) is 54.3. The van der Waals surface area contributed by atoms with Crippen LogP contribution in [0.5, 0.6) is 0 Å². The van der Waals surface area contributed by atoms with Gasteiger partial charge in [0.1, 0.15) is 6.33 Å². The van der Waals surface area contributed by atoms with Gasteiger partial charge < -0.3 is 52.8 Å². The molecule has 0 aromatic carbocycles. The molecule has 16 saturated carbocycles. The first-order valence-electron chi connectivity index (χ1n) is 46.9. The lowest BCUT2D eigenvalue weighted by Crippen LogP contribution is -2.59. The van der Waals surface area contributed by atoms with E-state index in [9.17, 15) is 10.2 Å². The van der Waals surface area contributed by atoms with Gasteiger partial charge in [0.15, 0.2) is 23.1 Å². The zero-order valence-corrected chi connectivity index (χ0v) is 72.6. The molecule has 110 heavy (non-hydrogen) atoms. The number of aromatic nitrogens is 2. The van der Waals surface area contributed by atoms with E-state index in [1.807, 2.05) is 10.8 Å². The Morgan fingerprint density at radius 1 is 0.364 bits per heavy atom. The summed E-state index contributed by atoms with van der Waals surface area (Å²) in [5, 5.41) is 22.0. The summed E-state index contributed by atoms with van der Waals surface area (Å²) in [5.74, 6) is 16.4. The van der Waals surface area contributed by atoms with Crippen molar-refractivity contribution in [1.29, 1.82) is 0 Å². The van der Waals surface area contributed by atoms with Crippen molar-refractivity contribution in [2.45, 2.75) is 344 Å². The van der Waals surface area contributed by atoms with E-state index < -0.39 is 11.2 Å². The molecule has 13 nitrogen and oxygen atoms in total. The number of rotatable bonds is 2. The molecule has 20 aliphatic rings. The third kappa shape index (κ3) is 12.0. The number of hydrogen-bond donors (Lipinski definition) is 2. The third-order valence-corrected chi connectivity index (χ3v) is 41.7. The molecule has 14 heteroatoms. The van der Waals surface area contributed by atoms with Gasteiger partial charge in [-0.05, 0) is 345 Å². The van der Waals surface area contributed by atoms with Crippen molar-refractivity contribution in [2.75, 3.05) is 59.5 Å². The lowest BCUT2D eigenvalue weighted by Gasteiger charge is -2.64. The highest BCUT2D eigenvalue weighted by atomic mass is 32.1. The van der Waals surface area contributed by atoms with Gasteiger partial charge >= 0.3 is 0 Å². The van der Waals surface area contributed by atoms with E-state index >= 15 is 0 Å². The Morgan fingerprint density at radius 3 is 1.02 bits per heavy atom.